The summed E-state index contributed by atoms with van der Waals surface area (Å²) in [7, 11) is 0. The Morgan fingerprint density at radius 3 is 2.46 bits per heavy atom. The van der Waals surface area contributed by atoms with E-state index in [1.54, 1.807) is 0 Å². The summed E-state index contributed by atoms with van der Waals surface area (Å²) in [5, 5.41) is 6.89. The largest absolute Gasteiger partial charge is 0.379 e. The third-order valence-electron chi connectivity index (χ3n) is 4.15. The predicted octanol–water partition coefficient (Wildman–Crippen LogP) is 3.10. The molecule has 1 rings (SSSR count). The second-order valence-corrected chi connectivity index (χ2v) is 6.94. The van der Waals surface area contributed by atoms with Gasteiger partial charge in [0.2, 0.25) is 0 Å². The van der Waals surface area contributed by atoms with Crippen LogP contribution in [-0.4, -0.2) is 62.8 Å². The molecule has 5 nitrogen and oxygen atoms in total. The van der Waals surface area contributed by atoms with E-state index in [1.165, 1.54) is 19.3 Å². The third kappa shape index (κ3) is 12.3. The lowest BCUT2D eigenvalue weighted by molar-refractivity contribution is 0.0377. The summed E-state index contributed by atoms with van der Waals surface area (Å²) in [5.41, 5.74) is 0. The first-order chi connectivity index (χ1) is 11.1. The molecule has 144 valence electrons. The van der Waals surface area contributed by atoms with Crippen molar-refractivity contribution >= 4 is 29.9 Å². The molecule has 1 fully saturated rings. The molecule has 1 unspecified atom stereocenters. The summed E-state index contributed by atoms with van der Waals surface area (Å²) in [6.07, 6.45) is 4.90. The number of hydrogen-bond donors (Lipinski definition) is 2. The molecule has 24 heavy (non-hydrogen) atoms. The van der Waals surface area contributed by atoms with E-state index in [0.29, 0.717) is 6.04 Å². The summed E-state index contributed by atoms with van der Waals surface area (Å²) in [4.78, 5) is 7.18. The Hall–Kier alpha value is -0.0800. The minimum atomic E-state index is 0. The summed E-state index contributed by atoms with van der Waals surface area (Å²) >= 11 is 0. The number of halogens is 1. The van der Waals surface area contributed by atoms with Crippen molar-refractivity contribution in [1.29, 1.82) is 0 Å². The molecule has 0 aromatic heterocycles. The van der Waals surface area contributed by atoms with Crippen LogP contribution in [-0.2, 0) is 4.74 Å². The van der Waals surface area contributed by atoms with Crippen molar-refractivity contribution in [3.63, 3.8) is 0 Å². The Kier molecular flexibility index (Phi) is 15.1. The van der Waals surface area contributed by atoms with Gasteiger partial charge in [0.25, 0.3) is 0 Å². The second-order valence-electron chi connectivity index (χ2n) is 6.94. The molecule has 1 atom stereocenters. The molecule has 0 aliphatic carbocycles. The summed E-state index contributed by atoms with van der Waals surface area (Å²) in [6, 6.07) is 0.478. The molecule has 1 heterocycles. The van der Waals surface area contributed by atoms with Crippen molar-refractivity contribution in [3.05, 3.63) is 0 Å². The smallest absolute Gasteiger partial charge is 0.191 e. The molecule has 6 heteroatoms. The number of nitrogens with zero attached hydrogens (tertiary/aromatic N) is 2. The van der Waals surface area contributed by atoms with Crippen molar-refractivity contribution in [1.82, 2.24) is 15.5 Å². The second kappa shape index (κ2) is 15.2. The summed E-state index contributed by atoms with van der Waals surface area (Å²) < 4.78 is 5.38. The van der Waals surface area contributed by atoms with Crippen LogP contribution in [0.2, 0.25) is 0 Å². The van der Waals surface area contributed by atoms with Crippen LogP contribution >= 0.6 is 24.0 Å². The van der Waals surface area contributed by atoms with E-state index < -0.39 is 0 Å². The summed E-state index contributed by atoms with van der Waals surface area (Å²) in [6.45, 7) is 15.7. The SMILES string of the molecule is CCNC(=NCCCN1CCOCC1)NC(C)CCCC(C)C.I. The molecule has 0 bridgehead atoms. The molecule has 0 radical (unpaired) electrons. The minimum Gasteiger partial charge on any atom is -0.379 e. The van der Waals surface area contributed by atoms with E-state index in [1.807, 2.05) is 0 Å². The van der Waals surface area contributed by atoms with E-state index in [9.17, 15) is 0 Å². The molecule has 0 amide bonds. The fourth-order valence-electron chi connectivity index (χ4n) is 2.77. The van der Waals surface area contributed by atoms with Gasteiger partial charge < -0.3 is 15.4 Å². The van der Waals surface area contributed by atoms with Gasteiger partial charge in [-0.05, 0) is 32.6 Å². The van der Waals surface area contributed by atoms with Gasteiger partial charge in [-0.2, -0.15) is 0 Å². The van der Waals surface area contributed by atoms with Crippen LogP contribution in [0.1, 0.15) is 53.4 Å². The molecular formula is C18H39IN4O. The van der Waals surface area contributed by atoms with Gasteiger partial charge in [0, 0.05) is 38.8 Å². The molecule has 1 aliphatic heterocycles. The lowest BCUT2D eigenvalue weighted by Crippen LogP contribution is -2.42. The third-order valence-corrected chi connectivity index (χ3v) is 4.15. The topological polar surface area (TPSA) is 48.9 Å². The van der Waals surface area contributed by atoms with Gasteiger partial charge >= 0.3 is 0 Å². The minimum absolute atomic E-state index is 0. The molecule has 1 aliphatic rings. The maximum Gasteiger partial charge on any atom is 0.191 e. The van der Waals surface area contributed by atoms with Crippen LogP contribution in [0.15, 0.2) is 4.99 Å². The number of nitrogens with one attached hydrogen (secondary N) is 2. The number of aliphatic imine (C=N–C) groups is 1. The first-order valence-electron chi connectivity index (χ1n) is 9.46. The van der Waals surface area contributed by atoms with Crippen LogP contribution in [0.5, 0.6) is 0 Å². The van der Waals surface area contributed by atoms with Gasteiger partial charge in [-0.25, -0.2) is 0 Å². The maximum absolute atomic E-state index is 5.38. The zero-order valence-corrected chi connectivity index (χ0v) is 18.5. The molecule has 2 N–H and O–H groups in total. The molecule has 0 saturated carbocycles. The Bertz CT molecular complexity index is 320. The fraction of sp³-hybridized carbons (Fsp3) is 0.944. The zero-order chi connectivity index (χ0) is 16.9. The van der Waals surface area contributed by atoms with Crippen molar-refractivity contribution < 1.29 is 4.74 Å². The van der Waals surface area contributed by atoms with Crippen LogP contribution in [0.3, 0.4) is 0 Å². The Balaban J connectivity index is 0.00000529. The molecule has 0 spiro atoms. The highest BCUT2D eigenvalue weighted by molar-refractivity contribution is 14.0. The van der Waals surface area contributed by atoms with Gasteiger partial charge in [-0.3, -0.25) is 9.89 Å². The molecule has 1 saturated heterocycles. The van der Waals surface area contributed by atoms with E-state index in [4.69, 9.17) is 9.73 Å². The average Bonchev–Trinajstić information content (AvgIpc) is 2.52. The standard InChI is InChI=1S/C18H38N4O.HI/c1-5-19-18(21-17(4)9-6-8-16(2)3)20-10-7-11-22-12-14-23-15-13-22;/h16-17H,5-15H2,1-4H3,(H2,19,20,21);1H. The molecule has 0 aromatic carbocycles. The summed E-state index contributed by atoms with van der Waals surface area (Å²) in [5.74, 6) is 1.76. The van der Waals surface area contributed by atoms with Crippen LogP contribution in [0, 0.1) is 5.92 Å². The van der Waals surface area contributed by atoms with Crippen molar-refractivity contribution in [2.45, 2.75) is 59.4 Å². The van der Waals surface area contributed by atoms with Crippen LogP contribution in [0.4, 0.5) is 0 Å². The Labute approximate surface area is 166 Å². The first kappa shape index (κ1) is 23.9. The van der Waals surface area contributed by atoms with E-state index in [2.05, 4.69) is 43.2 Å². The lowest BCUT2D eigenvalue weighted by atomic mass is 10.0. The molecular weight excluding hydrogens is 415 g/mol. The first-order valence-corrected chi connectivity index (χ1v) is 9.46. The quantitative estimate of drug-likeness (QED) is 0.231. The fourth-order valence-corrected chi connectivity index (χ4v) is 2.77. The average molecular weight is 454 g/mol. The highest BCUT2D eigenvalue weighted by Gasteiger charge is 2.09. The van der Waals surface area contributed by atoms with Crippen molar-refractivity contribution in [2.75, 3.05) is 45.9 Å². The predicted molar refractivity (Wildman–Crippen MR) is 115 cm³/mol. The highest BCUT2D eigenvalue weighted by Crippen LogP contribution is 2.08. The van der Waals surface area contributed by atoms with Gasteiger partial charge in [0.05, 0.1) is 13.2 Å². The van der Waals surface area contributed by atoms with Crippen LogP contribution in [0.25, 0.3) is 0 Å². The number of rotatable bonds is 10. The highest BCUT2D eigenvalue weighted by atomic mass is 127. The lowest BCUT2D eigenvalue weighted by Gasteiger charge is -2.26. The van der Waals surface area contributed by atoms with Crippen molar-refractivity contribution in [2.24, 2.45) is 10.9 Å². The normalized spacial score (nSPS) is 17.5. The van der Waals surface area contributed by atoms with Gasteiger partial charge in [-0.1, -0.05) is 26.7 Å². The maximum atomic E-state index is 5.38. The van der Waals surface area contributed by atoms with Crippen LogP contribution < -0.4 is 10.6 Å². The van der Waals surface area contributed by atoms with E-state index >= 15 is 0 Å². The number of guanidine groups is 1. The number of ether oxygens (including phenoxy) is 1. The van der Waals surface area contributed by atoms with E-state index in [0.717, 1.165) is 64.2 Å². The number of hydrogen-bond acceptors (Lipinski definition) is 3. The van der Waals surface area contributed by atoms with Gasteiger partial charge in [0.1, 0.15) is 0 Å². The monoisotopic (exact) mass is 454 g/mol. The van der Waals surface area contributed by atoms with Gasteiger partial charge in [0.15, 0.2) is 5.96 Å². The van der Waals surface area contributed by atoms with E-state index in [-0.39, 0.29) is 24.0 Å². The van der Waals surface area contributed by atoms with Gasteiger partial charge in [-0.15, -0.1) is 24.0 Å². The van der Waals surface area contributed by atoms with Crippen molar-refractivity contribution in [3.8, 4) is 0 Å². The molecule has 0 aromatic rings. The Morgan fingerprint density at radius 2 is 1.83 bits per heavy atom. The zero-order valence-electron chi connectivity index (χ0n) is 16.1. The number of morpholine rings is 1. The Morgan fingerprint density at radius 1 is 1.12 bits per heavy atom.